The van der Waals surface area contributed by atoms with E-state index >= 15 is 0 Å². The van der Waals surface area contributed by atoms with E-state index in [1.807, 2.05) is 31.2 Å². The highest BCUT2D eigenvalue weighted by Gasteiger charge is 2.26. The van der Waals surface area contributed by atoms with Crippen LogP contribution < -0.4 is 9.80 Å². The van der Waals surface area contributed by atoms with Crippen molar-refractivity contribution in [2.45, 2.75) is 13.5 Å². The van der Waals surface area contributed by atoms with Gasteiger partial charge in [0.25, 0.3) is 0 Å². The monoisotopic (exact) mass is 359 g/mol. The van der Waals surface area contributed by atoms with Crippen LogP contribution in [0.1, 0.15) is 16.8 Å². The molecule has 0 amide bonds. The van der Waals surface area contributed by atoms with Crippen molar-refractivity contribution >= 4 is 5.88 Å². The Kier molecular flexibility index (Phi) is 4.91. The lowest BCUT2D eigenvalue weighted by atomic mass is 10.1. The summed E-state index contributed by atoms with van der Waals surface area (Å²) in [6.45, 7) is 6.82. The van der Waals surface area contributed by atoms with Gasteiger partial charge in [0.15, 0.2) is 0 Å². The second-order valence-corrected chi connectivity index (χ2v) is 7.05. The molecule has 5 heteroatoms. The van der Waals surface area contributed by atoms with Crippen LogP contribution in [-0.4, -0.2) is 31.2 Å². The summed E-state index contributed by atoms with van der Waals surface area (Å²) in [5.41, 5.74) is 3.79. The molecule has 2 heterocycles. The Morgan fingerprint density at radius 1 is 1.11 bits per heavy atom. The van der Waals surface area contributed by atoms with Crippen molar-refractivity contribution in [2.24, 2.45) is 0 Å². The van der Waals surface area contributed by atoms with Crippen molar-refractivity contribution in [1.29, 1.82) is 5.26 Å². The van der Waals surface area contributed by atoms with Crippen LogP contribution in [0.5, 0.6) is 0 Å². The lowest BCUT2D eigenvalue weighted by Crippen LogP contribution is -3.13. The van der Waals surface area contributed by atoms with Gasteiger partial charge in [-0.25, -0.2) is 0 Å². The van der Waals surface area contributed by atoms with E-state index in [-0.39, 0.29) is 0 Å². The Bertz CT molecular complexity index is 950. The standard InChI is InChI=1S/C22H22N4O/c1-17-6-5-9-19(14-17)21-24-20(15-23)22(27-21)26-12-10-25(11-13-26)16-18-7-3-2-4-8-18/h2-9,14H,10-13,16H2,1H3/p+1. The summed E-state index contributed by atoms with van der Waals surface area (Å²) >= 11 is 0. The van der Waals surface area contributed by atoms with Crippen LogP contribution in [0, 0.1) is 18.3 Å². The number of hydrogen-bond acceptors (Lipinski definition) is 4. The summed E-state index contributed by atoms with van der Waals surface area (Å²) in [6.07, 6.45) is 0. The number of rotatable bonds is 4. The molecule has 5 nitrogen and oxygen atoms in total. The highest BCUT2D eigenvalue weighted by atomic mass is 16.4. The molecule has 1 saturated heterocycles. The van der Waals surface area contributed by atoms with Gasteiger partial charge in [-0.15, -0.1) is 0 Å². The van der Waals surface area contributed by atoms with Crippen LogP contribution in [0.25, 0.3) is 11.5 Å². The first kappa shape index (κ1) is 17.3. The number of quaternary nitrogens is 1. The van der Waals surface area contributed by atoms with Gasteiger partial charge in [0.1, 0.15) is 12.6 Å². The SMILES string of the molecule is Cc1cccc(-c2nc(C#N)c(N3CC[NH+](Cc4ccccc4)CC3)o2)c1. The van der Waals surface area contributed by atoms with Crippen LogP contribution in [0.15, 0.2) is 59.0 Å². The Morgan fingerprint density at radius 3 is 2.59 bits per heavy atom. The van der Waals surface area contributed by atoms with Gasteiger partial charge in [-0.05, 0) is 19.1 Å². The van der Waals surface area contributed by atoms with Crippen LogP contribution in [0.2, 0.25) is 0 Å². The first-order valence-corrected chi connectivity index (χ1v) is 9.33. The maximum Gasteiger partial charge on any atom is 0.235 e. The third kappa shape index (κ3) is 3.86. The summed E-state index contributed by atoms with van der Waals surface area (Å²) in [7, 11) is 0. The van der Waals surface area contributed by atoms with Crippen LogP contribution in [0.3, 0.4) is 0 Å². The molecule has 2 aromatic carbocycles. The van der Waals surface area contributed by atoms with Crippen LogP contribution in [-0.2, 0) is 6.54 Å². The third-order valence-electron chi connectivity index (χ3n) is 5.03. The van der Waals surface area contributed by atoms with E-state index in [0.717, 1.165) is 43.9 Å². The smallest absolute Gasteiger partial charge is 0.235 e. The fourth-order valence-corrected chi connectivity index (χ4v) is 3.59. The molecule has 1 N–H and O–H groups in total. The molecule has 3 aromatic rings. The fourth-order valence-electron chi connectivity index (χ4n) is 3.59. The largest absolute Gasteiger partial charge is 0.419 e. The zero-order chi connectivity index (χ0) is 18.6. The second kappa shape index (κ2) is 7.65. The van der Waals surface area contributed by atoms with E-state index in [0.29, 0.717) is 17.5 Å². The normalized spacial score (nSPS) is 14.9. The van der Waals surface area contributed by atoms with Crippen molar-refractivity contribution in [2.75, 3.05) is 31.1 Å². The van der Waals surface area contributed by atoms with E-state index in [2.05, 4.69) is 46.3 Å². The fraction of sp³-hybridized carbons (Fsp3) is 0.273. The minimum Gasteiger partial charge on any atom is -0.419 e. The van der Waals surface area contributed by atoms with Gasteiger partial charge in [0, 0.05) is 11.1 Å². The number of nitrogens with zero attached hydrogens (tertiary/aromatic N) is 3. The molecular formula is C22H23N4O+. The van der Waals surface area contributed by atoms with Crippen molar-refractivity contribution in [3.05, 3.63) is 71.4 Å². The molecule has 0 aliphatic carbocycles. The number of piperazine rings is 1. The number of oxazole rings is 1. The number of aromatic nitrogens is 1. The Morgan fingerprint density at radius 2 is 1.89 bits per heavy atom. The topological polar surface area (TPSA) is 57.5 Å². The van der Waals surface area contributed by atoms with Crippen molar-refractivity contribution in [3.63, 3.8) is 0 Å². The van der Waals surface area contributed by atoms with E-state index in [1.165, 1.54) is 5.56 Å². The summed E-state index contributed by atoms with van der Waals surface area (Å²) < 4.78 is 6.02. The minimum absolute atomic E-state index is 0.373. The first-order valence-electron chi connectivity index (χ1n) is 9.33. The summed E-state index contributed by atoms with van der Waals surface area (Å²) in [5.74, 6) is 1.12. The highest BCUT2D eigenvalue weighted by molar-refractivity contribution is 5.60. The molecule has 136 valence electrons. The molecule has 1 aliphatic rings. The average Bonchev–Trinajstić information content (AvgIpc) is 3.14. The predicted molar refractivity (Wildman–Crippen MR) is 104 cm³/mol. The van der Waals surface area contributed by atoms with Gasteiger partial charge in [-0.3, -0.25) is 0 Å². The third-order valence-corrected chi connectivity index (χ3v) is 5.03. The van der Waals surface area contributed by atoms with Gasteiger partial charge in [0.05, 0.1) is 26.2 Å². The number of anilines is 1. The van der Waals surface area contributed by atoms with Gasteiger partial charge in [-0.2, -0.15) is 10.2 Å². The van der Waals surface area contributed by atoms with Crippen LogP contribution >= 0.6 is 0 Å². The molecule has 4 rings (SSSR count). The Labute approximate surface area is 159 Å². The number of aryl methyl sites for hydroxylation is 1. The maximum absolute atomic E-state index is 9.51. The molecule has 0 radical (unpaired) electrons. The second-order valence-electron chi connectivity index (χ2n) is 7.05. The highest BCUT2D eigenvalue weighted by Crippen LogP contribution is 2.28. The lowest BCUT2D eigenvalue weighted by molar-refractivity contribution is -0.914. The quantitative estimate of drug-likeness (QED) is 0.777. The molecule has 27 heavy (non-hydrogen) atoms. The minimum atomic E-state index is 0.373. The first-order chi connectivity index (χ1) is 13.2. The average molecular weight is 359 g/mol. The van der Waals surface area contributed by atoms with Gasteiger partial charge in [0.2, 0.25) is 17.5 Å². The van der Waals surface area contributed by atoms with Gasteiger partial charge >= 0.3 is 0 Å². The van der Waals surface area contributed by atoms with Gasteiger partial charge in [-0.1, -0.05) is 48.0 Å². The summed E-state index contributed by atoms with van der Waals surface area (Å²) in [5, 5.41) is 9.51. The summed E-state index contributed by atoms with van der Waals surface area (Å²) in [4.78, 5) is 8.13. The number of hydrogen-bond donors (Lipinski definition) is 1. The van der Waals surface area contributed by atoms with Crippen molar-refractivity contribution < 1.29 is 9.32 Å². The lowest BCUT2D eigenvalue weighted by Gasteiger charge is -2.31. The molecule has 0 spiro atoms. The van der Waals surface area contributed by atoms with E-state index in [4.69, 9.17) is 4.42 Å². The van der Waals surface area contributed by atoms with E-state index < -0.39 is 0 Å². The molecular weight excluding hydrogens is 336 g/mol. The Balaban J connectivity index is 1.47. The zero-order valence-electron chi connectivity index (χ0n) is 15.5. The molecule has 1 fully saturated rings. The molecule has 0 bridgehead atoms. The molecule has 1 aliphatic heterocycles. The maximum atomic E-state index is 9.51. The predicted octanol–water partition coefficient (Wildman–Crippen LogP) is 2.43. The number of benzene rings is 2. The van der Waals surface area contributed by atoms with Crippen LogP contribution in [0.4, 0.5) is 5.88 Å². The van der Waals surface area contributed by atoms with Crippen molar-refractivity contribution in [1.82, 2.24) is 4.98 Å². The Hall–Kier alpha value is -3.10. The molecule has 0 saturated carbocycles. The molecule has 0 atom stereocenters. The van der Waals surface area contributed by atoms with E-state index in [1.54, 1.807) is 4.90 Å². The molecule has 0 unspecified atom stereocenters. The zero-order valence-corrected chi connectivity index (χ0v) is 15.5. The van der Waals surface area contributed by atoms with Gasteiger partial charge < -0.3 is 14.2 Å². The number of nitrogens with one attached hydrogen (secondary N) is 1. The molecule has 1 aromatic heterocycles. The number of nitriles is 1. The van der Waals surface area contributed by atoms with E-state index in [9.17, 15) is 5.26 Å². The summed E-state index contributed by atoms with van der Waals surface area (Å²) in [6, 6.07) is 20.8. The van der Waals surface area contributed by atoms with Crippen molar-refractivity contribution in [3.8, 4) is 17.5 Å².